The quantitative estimate of drug-likeness (QED) is 0.579. The molecule has 2 N–H and O–H groups in total. The van der Waals surface area contributed by atoms with Gasteiger partial charge in [-0.15, -0.1) is 5.10 Å². The minimum absolute atomic E-state index is 0.619. The molecule has 6 heteroatoms. The largest absolute Gasteiger partial charge is 0.277 e. The van der Waals surface area contributed by atoms with E-state index in [9.17, 15) is 0 Å². The SMILES string of the molecule is [c]1n[nH]c2cccc(-c3nnn[nH]3)c12. The molecule has 2 aromatic heterocycles. The van der Waals surface area contributed by atoms with Crippen molar-refractivity contribution in [1.82, 2.24) is 30.8 Å². The van der Waals surface area contributed by atoms with Gasteiger partial charge in [-0.05, 0) is 16.5 Å². The van der Waals surface area contributed by atoms with E-state index in [1.54, 1.807) is 0 Å². The molecule has 0 aliphatic heterocycles. The van der Waals surface area contributed by atoms with Crippen LogP contribution in [0.25, 0.3) is 22.3 Å². The Morgan fingerprint density at radius 3 is 3.07 bits per heavy atom. The zero-order chi connectivity index (χ0) is 9.38. The van der Waals surface area contributed by atoms with Gasteiger partial charge in [0.15, 0.2) is 5.82 Å². The number of aromatic nitrogens is 6. The Kier molecular flexibility index (Phi) is 1.35. The second-order valence-electron chi connectivity index (χ2n) is 2.81. The molecule has 0 bridgehead atoms. The topological polar surface area (TPSA) is 83.1 Å². The van der Waals surface area contributed by atoms with Crippen molar-refractivity contribution in [3.8, 4) is 11.4 Å². The smallest absolute Gasteiger partial charge is 0.180 e. The summed E-state index contributed by atoms with van der Waals surface area (Å²) in [6.07, 6.45) is 2.86. The number of hydrogen-bond donors (Lipinski definition) is 2. The molecule has 67 valence electrons. The molecule has 1 radical (unpaired) electrons. The fraction of sp³-hybridized carbons (Fsp3) is 0. The highest BCUT2D eigenvalue weighted by Crippen LogP contribution is 2.22. The Bertz CT molecular complexity index is 552. The van der Waals surface area contributed by atoms with E-state index in [0.717, 1.165) is 16.5 Å². The van der Waals surface area contributed by atoms with Gasteiger partial charge in [0.1, 0.15) is 6.20 Å². The predicted molar refractivity (Wildman–Crippen MR) is 48.1 cm³/mol. The van der Waals surface area contributed by atoms with Gasteiger partial charge in [-0.1, -0.05) is 12.1 Å². The number of rotatable bonds is 1. The number of aromatic amines is 2. The summed E-state index contributed by atoms with van der Waals surface area (Å²) >= 11 is 0. The van der Waals surface area contributed by atoms with Crippen LogP contribution in [-0.2, 0) is 0 Å². The third-order valence-electron chi connectivity index (χ3n) is 2.01. The van der Waals surface area contributed by atoms with Gasteiger partial charge < -0.3 is 0 Å². The van der Waals surface area contributed by atoms with Crippen molar-refractivity contribution in [2.75, 3.05) is 0 Å². The van der Waals surface area contributed by atoms with Gasteiger partial charge >= 0.3 is 0 Å². The van der Waals surface area contributed by atoms with Gasteiger partial charge in [0.2, 0.25) is 0 Å². The molecule has 0 saturated heterocycles. The molecule has 0 amide bonds. The molecule has 0 aliphatic rings. The molecule has 1 aromatic carbocycles. The first kappa shape index (κ1) is 7.19. The number of nitrogens with zero attached hydrogens (tertiary/aromatic N) is 4. The fourth-order valence-corrected chi connectivity index (χ4v) is 1.38. The highest BCUT2D eigenvalue weighted by Gasteiger charge is 2.07. The van der Waals surface area contributed by atoms with Crippen molar-refractivity contribution in [3.05, 3.63) is 24.4 Å². The second-order valence-corrected chi connectivity index (χ2v) is 2.81. The number of tetrazole rings is 1. The van der Waals surface area contributed by atoms with E-state index in [0.29, 0.717) is 5.82 Å². The maximum Gasteiger partial charge on any atom is 0.180 e. The molecule has 6 nitrogen and oxygen atoms in total. The average molecular weight is 185 g/mol. The lowest BCUT2D eigenvalue weighted by atomic mass is 10.1. The van der Waals surface area contributed by atoms with E-state index in [2.05, 4.69) is 37.0 Å². The van der Waals surface area contributed by atoms with Gasteiger partial charge in [-0.3, -0.25) is 5.10 Å². The Labute approximate surface area is 78.3 Å². The molecule has 0 spiro atoms. The maximum absolute atomic E-state index is 3.84. The van der Waals surface area contributed by atoms with Gasteiger partial charge in [-0.2, -0.15) is 5.10 Å². The van der Waals surface area contributed by atoms with E-state index in [1.165, 1.54) is 0 Å². The first-order chi connectivity index (χ1) is 6.95. The maximum atomic E-state index is 3.84. The summed E-state index contributed by atoms with van der Waals surface area (Å²) in [7, 11) is 0. The van der Waals surface area contributed by atoms with Crippen LogP contribution in [-0.4, -0.2) is 30.8 Å². The van der Waals surface area contributed by atoms with E-state index >= 15 is 0 Å². The lowest BCUT2D eigenvalue weighted by Crippen LogP contribution is -1.81. The van der Waals surface area contributed by atoms with E-state index in [4.69, 9.17) is 0 Å². The first-order valence-corrected chi connectivity index (χ1v) is 4.04. The summed E-state index contributed by atoms with van der Waals surface area (Å²) in [5, 5.41) is 21.1. The zero-order valence-corrected chi connectivity index (χ0v) is 7.02. The summed E-state index contributed by atoms with van der Waals surface area (Å²) in [4.78, 5) is 0. The Hall–Kier alpha value is -2.24. The Morgan fingerprint density at radius 1 is 1.21 bits per heavy atom. The molecule has 0 aliphatic carbocycles. The van der Waals surface area contributed by atoms with Crippen LogP contribution >= 0.6 is 0 Å². The highest BCUT2D eigenvalue weighted by molar-refractivity contribution is 5.91. The Morgan fingerprint density at radius 2 is 2.21 bits per heavy atom. The lowest BCUT2D eigenvalue weighted by Gasteiger charge is -1.95. The first-order valence-electron chi connectivity index (χ1n) is 4.04. The average Bonchev–Trinajstić information content (AvgIpc) is 2.88. The summed E-state index contributed by atoms with van der Waals surface area (Å²) in [6.45, 7) is 0. The van der Waals surface area contributed by atoms with Gasteiger partial charge in [-0.25, -0.2) is 5.10 Å². The van der Waals surface area contributed by atoms with Gasteiger partial charge in [0.05, 0.1) is 5.52 Å². The summed E-state index contributed by atoms with van der Waals surface area (Å²) in [6, 6.07) is 5.74. The standard InChI is InChI=1S/C8H5N6/c1-2-5(8-11-13-14-12-8)6-4-9-10-7(6)3-1/h1-3H,(H,9,10)(H,11,12,13,14). The van der Waals surface area contributed by atoms with Crippen LogP contribution in [0.5, 0.6) is 0 Å². The van der Waals surface area contributed by atoms with Crippen molar-refractivity contribution in [1.29, 1.82) is 0 Å². The van der Waals surface area contributed by atoms with Crippen LogP contribution in [0.3, 0.4) is 0 Å². The molecule has 0 unspecified atom stereocenters. The van der Waals surface area contributed by atoms with E-state index in [-0.39, 0.29) is 0 Å². The lowest BCUT2D eigenvalue weighted by molar-refractivity contribution is 0.881. The normalized spacial score (nSPS) is 10.9. The molecular weight excluding hydrogens is 180 g/mol. The molecule has 2 heterocycles. The number of H-pyrrole nitrogens is 2. The molecule has 0 saturated carbocycles. The second kappa shape index (κ2) is 2.63. The molecular formula is C8H5N6. The van der Waals surface area contributed by atoms with Crippen LogP contribution in [0.2, 0.25) is 0 Å². The minimum Gasteiger partial charge on any atom is -0.277 e. The molecule has 3 rings (SSSR count). The third kappa shape index (κ3) is 0.905. The monoisotopic (exact) mass is 185 g/mol. The summed E-state index contributed by atoms with van der Waals surface area (Å²) in [5.41, 5.74) is 1.81. The van der Waals surface area contributed by atoms with Crippen LogP contribution < -0.4 is 0 Å². The number of hydrogen-bond acceptors (Lipinski definition) is 4. The molecule has 0 atom stereocenters. The molecule has 3 aromatic rings. The van der Waals surface area contributed by atoms with Crippen LogP contribution in [0.4, 0.5) is 0 Å². The van der Waals surface area contributed by atoms with Crippen LogP contribution in [0.15, 0.2) is 18.2 Å². The fourth-order valence-electron chi connectivity index (χ4n) is 1.38. The van der Waals surface area contributed by atoms with Crippen molar-refractivity contribution < 1.29 is 0 Å². The Balaban J connectivity index is 2.36. The third-order valence-corrected chi connectivity index (χ3v) is 2.01. The molecule has 0 fully saturated rings. The number of nitrogens with one attached hydrogen (secondary N) is 2. The van der Waals surface area contributed by atoms with Crippen LogP contribution in [0, 0.1) is 6.20 Å². The summed E-state index contributed by atoms with van der Waals surface area (Å²) in [5.74, 6) is 0.619. The van der Waals surface area contributed by atoms with Crippen molar-refractivity contribution >= 4 is 10.9 Å². The van der Waals surface area contributed by atoms with E-state index < -0.39 is 0 Å². The van der Waals surface area contributed by atoms with Crippen LogP contribution in [0.1, 0.15) is 0 Å². The minimum atomic E-state index is 0.619. The number of fused-ring (bicyclic) bond motifs is 1. The van der Waals surface area contributed by atoms with Crippen molar-refractivity contribution in [2.24, 2.45) is 0 Å². The highest BCUT2D eigenvalue weighted by atomic mass is 15.5. The zero-order valence-electron chi connectivity index (χ0n) is 7.02. The van der Waals surface area contributed by atoms with Gasteiger partial charge in [0.25, 0.3) is 0 Å². The number of benzene rings is 1. The van der Waals surface area contributed by atoms with Gasteiger partial charge in [0, 0.05) is 10.9 Å². The summed E-state index contributed by atoms with van der Waals surface area (Å²) < 4.78 is 0. The van der Waals surface area contributed by atoms with E-state index in [1.807, 2.05) is 18.2 Å². The van der Waals surface area contributed by atoms with Crippen molar-refractivity contribution in [2.45, 2.75) is 0 Å². The molecule has 14 heavy (non-hydrogen) atoms. The predicted octanol–water partition coefficient (Wildman–Crippen LogP) is 0.543. The van der Waals surface area contributed by atoms with Crippen molar-refractivity contribution in [3.63, 3.8) is 0 Å².